The first-order valence-corrected chi connectivity index (χ1v) is 6.99. The van der Waals surface area contributed by atoms with Gasteiger partial charge in [-0.2, -0.15) is 0 Å². The van der Waals surface area contributed by atoms with E-state index in [1.165, 1.54) is 12.3 Å². The van der Waals surface area contributed by atoms with Gasteiger partial charge in [0.15, 0.2) is 0 Å². The second-order valence-corrected chi connectivity index (χ2v) is 5.55. The SMILES string of the molecule is NC(=O)c1cc([N+](=O)[O-])cnc1N1C[C@@H]2CCCN[C@@H]2C1. The number of piperidine rings is 1. The molecular weight excluding hydrogens is 274 g/mol. The number of hydrogen-bond acceptors (Lipinski definition) is 6. The van der Waals surface area contributed by atoms with Gasteiger partial charge in [-0.05, 0) is 25.3 Å². The Bertz CT molecular complexity index is 577. The molecule has 1 aromatic heterocycles. The lowest BCUT2D eigenvalue weighted by molar-refractivity contribution is -0.385. The molecule has 0 aliphatic carbocycles. The molecule has 0 bridgehead atoms. The smallest absolute Gasteiger partial charge is 0.288 e. The molecule has 3 rings (SSSR count). The van der Waals surface area contributed by atoms with Gasteiger partial charge < -0.3 is 16.0 Å². The van der Waals surface area contributed by atoms with E-state index in [9.17, 15) is 14.9 Å². The van der Waals surface area contributed by atoms with Crippen molar-refractivity contribution in [2.45, 2.75) is 18.9 Å². The number of rotatable bonds is 3. The van der Waals surface area contributed by atoms with Crippen molar-refractivity contribution in [2.24, 2.45) is 11.7 Å². The Labute approximate surface area is 121 Å². The van der Waals surface area contributed by atoms with Gasteiger partial charge in [-0.25, -0.2) is 4.98 Å². The molecule has 1 amide bonds. The van der Waals surface area contributed by atoms with Crippen molar-refractivity contribution in [3.8, 4) is 0 Å². The highest BCUT2D eigenvalue weighted by Gasteiger charge is 2.36. The van der Waals surface area contributed by atoms with E-state index in [2.05, 4.69) is 10.3 Å². The van der Waals surface area contributed by atoms with E-state index in [0.29, 0.717) is 17.8 Å². The van der Waals surface area contributed by atoms with Gasteiger partial charge in [0, 0.05) is 25.2 Å². The molecule has 0 aromatic carbocycles. The van der Waals surface area contributed by atoms with Gasteiger partial charge in [-0.3, -0.25) is 14.9 Å². The fourth-order valence-corrected chi connectivity index (χ4v) is 3.20. The maximum Gasteiger partial charge on any atom is 0.288 e. The van der Waals surface area contributed by atoms with Crippen LogP contribution in [-0.4, -0.2) is 41.5 Å². The molecule has 21 heavy (non-hydrogen) atoms. The van der Waals surface area contributed by atoms with Crippen LogP contribution in [0.3, 0.4) is 0 Å². The van der Waals surface area contributed by atoms with E-state index in [1.807, 2.05) is 4.90 Å². The average Bonchev–Trinajstić information content (AvgIpc) is 2.90. The summed E-state index contributed by atoms with van der Waals surface area (Å²) in [5.74, 6) is 0.282. The number of primary amides is 1. The molecular formula is C13H17N5O3. The number of nitro groups is 1. The Balaban J connectivity index is 1.91. The number of amides is 1. The van der Waals surface area contributed by atoms with Gasteiger partial charge in [0.2, 0.25) is 0 Å². The topological polar surface area (TPSA) is 114 Å². The molecule has 3 N–H and O–H groups in total. The van der Waals surface area contributed by atoms with E-state index in [1.54, 1.807) is 0 Å². The number of carbonyl (C=O) groups is 1. The highest BCUT2D eigenvalue weighted by molar-refractivity contribution is 5.98. The number of anilines is 1. The highest BCUT2D eigenvalue weighted by Crippen LogP contribution is 2.30. The summed E-state index contributed by atoms with van der Waals surface area (Å²) in [5.41, 5.74) is 5.25. The molecule has 1 aromatic rings. The van der Waals surface area contributed by atoms with Crippen molar-refractivity contribution in [1.82, 2.24) is 10.3 Å². The molecule has 2 aliphatic rings. The molecule has 0 unspecified atom stereocenters. The number of nitrogens with zero attached hydrogens (tertiary/aromatic N) is 3. The predicted molar refractivity (Wildman–Crippen MR) is 76.1 cm³/mol. The second kappa shape index (κ2) is 5.28. The van der Waals surface area contributed by atoms with Crippen molar-refractivity contribution >= 4 is 17.4 Å². The number of hydrogen-bond donors (Lipinski definition) is 2. The van der Waals surface area contributed by atoms with Crippen LogP contribution in [0.25, 0.3) is 0 Å². The zero-order chi connectivity index (χ0) is 15.0. The Morgan fingerprint density at radius 3 is 3.00 bits per heavy atom. The Kier molecular flexibility index (Phi) is 3.46. The molecule has 8 heteroatoms. The molecule has 2 atom stereocenters. The second-order valence-electron chi connectivity index (χ2n) is 5.55. The maximum atomic E-state index is 11.6. The Morgan fingerprint density at radius 2 is 2.33 bits per heavy atom. The fraction of sp³-hybridized carbons (Fsp3) is 0.538. The Morgan fingerprint density at radius 1 is 1.52 bits per heavy atom. The van der Waals surface area contributed by atoms with Gasteiger partial charge in [-0.15, -0.1) is 0 Å². The number of fused-ring (bicyclic) bond motifs is 1. The summed E-state index contributed by atoms with van der Waals surface area (Å²) in [4.78, 5) is 27.9. The molecule has 8 nitrogen and oxygen atoms in total. The molecule has 3 heterocycles. The Hall–Kier alpha value is -2.22. The zero-order valence-corrected chi connectivity index (χ0v) is 11.5. The predicted octanol–water partition coefficient (Wildman–Crippen LogP) is 0.277. The molecule has 0 radical (unpaired) electrons. The van der Waals surface area contributed by atoms with Crippen LogP contribution in [0.15, 0.2) is 12.3 Å². The third-order valence-electron chi connectivity index (χ3n) is 4.23. The van der Waals surface area contributed by atoms with E-state index < -0.39 is 10.8 Å². The summed E-state index contributed by atoms with van der Waals surface area (Å²) in [6, 6.07) is 1.59. The molecule has 2 aliphatic heterocycles. The zero-order valence-electron chi connectivity index (χ0n) is 11.5. The van der Waals surface area contributed by atoms with E-state index in [0.717, 1.165) is 32.5 Å². The maximum absolute atomic E-state index is 11.6. The van der Waals surface area contributed by atoms with Gasteiger partial charge >= 0.3 is 0 Å². The van der Waals surface area contributed by atoms with Gasteiger partial charge in [0.1, 0.15) is 12.0 Å². The normalized spacial score (nSPS) is 24.7. The number of nitrogens with two attached hydrogens (primary N) is 1. The van der Waals surface area contributed by atoms with Crippen LogP contribution in [0.1, 0.15) is 23.2 Å². The van der Waals surface area contributed by atoms with Gasteiger partial charge in [0.25, 0.3) is 11.6 Å². The molecule has 0 spiro atoms. The highest BCUT2D eigenvalue weighted by atomic mass is 16.6. The van der Waals surface area contributed by atoms with Crippen molar-refractivity contribution in [1.29, 1.82) is 0 Å². The summed E-state index contributed by atoms with van der Waals surface area (Å²) in [7, 11) is 0. The number of nitrogens with one attached hydrogen (secondary N) is 1. The van der Waals surface area contributed by atoms with Crippen LogP contribution in [0.2, 0.25) is 0 Å². The van der Waals surface area contributed by atoms with E-state index in [4.69, 9.17) is 5.73 Å². The third-order valence-corrected chi connectivity index (χ3v) is 4.23. The minimum absolute atomic E-state index is 0.114. The summed E-state index contributed by atoms with van der Waals surface area (Å²) >= 11 is 0. The van der Waals surface area contributed by atoms with Crippen molar-refractivity contribution in [3.63, 3.8) is 0 Å². The minimum atomic E-state index is -0.691. The van der Waals surface area contributed by atoms with E-state index >= 15 is 0 Å². The van der Waals surface area contributed by atoms with Crippen LogP contribution in [0, 0.1) is 16.0 Å². The lowest BCUT2D eigenvalue weighted by Gasteiger charge is -2.24. The van der Waals surface area contributed by atoms with Crippen molar-refractivity contribution in [3.05, 3.63) is 27.9 Å². The summed E-state index contributed by atoms with van der Waals surface area (Å²) in [5, 5.41) is 14.3. The number of pyridine rings is 1. The molecule has 0 saturated carbocycles. The largest absolute Gasteiger partial charge is 0.365 e. The lowest BCUT2D eigenvalue weighted by Crippen LogP contribution is -2.40. The van der Waals surface area contributed by atoms with Crippen LogP contribution >= 0.6 is 0 Å². The molecule has 2 fully saturated rings. The van der Waals surface area contributed by atoms with Crippen LogP contribution in [-0.2, 0) is 0 Å². The quantitative estimate of drug-likeness (QED) is 0.610. The third kappa shape index (κ3) is 2.54. The number of aromatic nitrogens is 1. The summed E-state index contributed by atoms with van der Waals surface area (Å²) < 4.78 is 0. The minimum Gasteiger partial charge on any atom is -0.365 e. The molecule has 112 valence electrons. The number of carbonyl (C=O) groups excluding carboxylic acids is 1. The summed E-state index contributed by atoms with van der Waals surface area (Å²) in [6.45, 7) is 2.55. The van der Waals surface area contributed by atoms with Crippen LogP contribution < -0.4 is 16.0 Å². The van der Waals surface area contributed by atoms with Gasteiger partial charge in [0.05, 0.1) is 10.5 Å². The fourth-order valence-electron chi connectivity index (χ4n) is 3.20. The first kappa shape index (κ1) is 13.7. The molecule has 2 saturated heterocycles. The van der Waals surface area contributed by atoms with Gasteiger partial charge in [-0.1, -0.05) is 0 Å². The summed E-state index contributed by atoms with van der Waals surface area (Å²) in [6.07, 6.45) is 3.47. The standard InChI is InChI=1S/C13H17N5O3/c14-12(19)10-4-9(18(20)21)5-16-13(10)17-6-8-2-1-3-15-11(8)7-17/h4-5,8,11,15H,1-3,6-7H2,(H2,14,19)/t8-,11+/m0/s1. The lowest BCUT2D eigenvalue weighted by atomic mass is 9.94. The van der Waals surface area contributed by atoms with Crippen LogP contribution in [0.5, 0.6) is 0 Å². The monoisotopic (exact) mass is 291 g/mol. The van der Waals surface area contributed by atoms with Crippen molar-refractivity contribution < 1.29 is 9.72 Å². The average molecular weight is 291 g/mol. The van der Waals surface area contributed by atoms with E-state index in [-0.39, 0.29) is 11.3 Å². The first-order chi connectivity index (χ1) is 10.1. The van der Waals surface area contributed by atoms with Crippen molar-refractivity contribution in [2.75, 3.05) is 24.5 Å². The van der Waals surface area contributed by atoms with Crippen LogP contribution in [0.4, 0.5) is 11.5 Å². The first-order valence-electron chi connectivity index (χ1n) is 6.99.